The molecule has 0 spiro atoms. The standard InChI is InChI=1S/C10H14N2O4S.C10H13NO4S/c1-12-6-2-4-9(8-12)10(13)11-5-3-7-17(14,15)16;12-10(9-5-2-1-3-6-9)11-7-4-8-16(13,14)15/h2,4,6,8H,3,5,7H2,1H3,(H-,11,13,14,15,16);1-3,5-6H,4,7-8H2,(H,11,12)(H,13,14,15). The van der Waals surface area contributed by atoms with Gasteiger partial charge in [-0.25, -0.2) is 13.0 Å². The van der Waals surface area contributed by atoms with Crippen molar-refractivity contribution < 1.29 is 40.1 Å². The van der Waals surface area contributed by atoms with Crippen molar-refractivity contribution in [1.29, 1.82) is 0 Å². The summed E-state index contributed by atoms with van der Waals surface area (Å²) in [5.41, 5.74) is 1.01. The normalized spacial score (nSPS) is 11.1. The number of nitrogens with zero attached hydrogens (tertiary/aromatic N) is 1. The smallest absolute Gasteiger partial charge is 0.264 e. The lowest BCUT2D eigenvalue weighted by Gasteiger charge is -2.07. The number of carbonyl (C=O) groups excluding carboxylic acids is 2. The number of nitrogens with one attached hydrogen (secondary N) is 2. The van der Waals surface area contributed by atoms with Gasteiger partial charge in [0, 0.05) is 30.5 Å². The molecule has 0 radical (unpaired) electrons. The lowest BCUT2D eigenvalue weighted by Crippen LogP contribution is -2.31. The Morgan fingerprint density at radius 2 is 1.39 bits per heavy atom. The molecule has 13 heteroatoms. The monoisotopic (exact) mass is 501 g/mol. The number of aryl methyl sites for hydroxylation is 1. The third-order valence-corrected chi connectivity index (χ3v) is 5.55. The molecule has 33 heavy (non-hydrogen) atoms. The van der Waals surface area contributed by atoms with Crippen LogP contribution in [0.15, 0.2) is 54.9 Å². The molecule has 1 heterocycles. The number of aromatic nitrogens is 1. The van der Waals surface area contributed by atoms with E-state index in [0.29, 0.717) is 11.1 Å². The van der Waals surface area contributed by atoms with Gasteiger partial charge in [0.15, 0.2) is 12.4 Å². The van der Waals surface area contributed by atoms with Crippen molar-refractivity contribution in [1.82, 2.24) is 10.6 Å². The molecule has 1 aromatic heterocycles. The van der Waals surface area contributed by atoms with Crippen molar-refractivity contribution in [3.05, 3.63) is 66.0 Å². The summed E-state index contributed by atoms with van der Waals surface area (Å²) >= 11 is 0. The summed E-state index contributed by atoms with van der Waals surface area (Å²) in [5, 5.41) is 5.10. The SMILES string of the molecule is C[n+]1cccc(C(=O)NCCCS(=O)(=O)[O-])c1.O=C(NCCCS(=O)(=O)O)c1ccccc1. The summed E-state index contributed by atoms with van der Waals surface area (Å²) in [5.74, 6) is -1.35. The molecule has 11 nitrogen and oxygen atoms in total. The van der Waals surface area contributed by atoms with Gasteiger partial charge in [-0.3, -0.25) is 14.1 Å². The molecular weight excluding hydrogens is 474 g/mol. The molecule has 0 saturated heterocycles. The average Bonchev–Trinajstić information content (AvgIpc) is 2.74. The number of carbonyl (C=O) groups is 2. The lowest BCUT2D eigenvalue weighted by atomic mass is 10.2. The van der Waals surface area contributed by atoms with Gasteiger partial charge in [-0.05, 0) is 31.0 Å². The Balaban J connectivity index is 0.000000331. The fourth-order valence-corrected chi connectivity index (χ4v) is 3.43. The van der Waals surface area contributed by atoms with Crippen molar-refractivity contribution in [3.8, 4) is 0 Å². The van der Waals surface area contributed by atoms with Crippen LogP contribution >= 0.6 is 0 Å². The highest BCUT2D eigenvalue weighted by Crippen LogP contribution is 1.98. The van der Waals surface area contributed by atoms with Crippen LogP contribution in [0.5, 0.6) is 0 Å². The molecule has 0 bridgehead atoms. The summed E-state index contributed by atoms with van der Waals surface area (Å²) in [6, 6.07) is 12.0. The van der Waals surface area contributed by atoms with Crippen LogP contribution in [0.3, 0.4) is 0 Å². The van der Waals surface area contributed by atoms with Crippen LogP contribution in [0, 0.1) is 0 Å². The zero-order valence-corrected chi connectivity index (χ0v) is 19.6. The molecule has 2 aromatic rings. The highest BCUT2D eigenvalue weighted by molar-refractivity contribution is 7.85. The van der Waals surface area contributed by atoms with Gasteiger partial charge < -0.3 is 15.2 Å². The number of rotatable bonds is 10. The first-order valence-electron chi connectivity index (χ1n) is 9.83. The second-order valence-electron chi connectivity index (χ2n) is 6.89. The average molecular weight is 502 g/mol. The van der Waals surface area contributed by atoms with Gasteiger partial charge in [-0.2, -0.15) is 8.42 Å². The van der Waals surface area contributed by atoms with E-state index in [1.807, 2.05) is 0 Å². The molecule has 0 fully saturated rings. The number of benzene rings is 1. The Morgan fingerprint density at radius 1 is 0.879 bits per heavy atom. The Bertz CT molecular complexity index is 1120. The molecule has 3 N–H and O–H groups in total. The summed E-state index contributed by atoms with van der Waals surface area (Å²) in [6.45, 7) is 0.381. The van der Waals surface area contributed by atoms with Crippen molar-refractivity contribution in [2.75, 3.05) is 24.6 Å². The van der Waals surface area contributed by atoms with E-state index in [1.165, 1.54) is 0 Å². The third kappa shape index (κ3) is 14.0. The van der Waals surface area contributed by atoms with Gasteiger partial charge in [0.25, 0.3) is 21.9 Å². The van der Waals surface area contributed by atoms with E-state index >= 15 is 0 Å². The Hall–Kier alpha value is -2.87. The van der Waals surface area contributed by atoms with Crippen LogP contribution in [0.2, 0.25) is 0 Å². The van der Waals surface area contributed by atoms with E-state index in [9.17, 15) is 31.0 Å². The Kier molecular flexibility index (Phi) is 11.6. The van der Waals surface area contributed by atoms with Gasteiger partial charge in [0.1, 0.15) is 12.6 Å². The summed E-state index contributed by atoms with van der Waals surface area (Å²) in [7, 11) is -6.34. The fraction of sp³-hybridized carbons (Fsp3) is 0.350. The largest absolute Gasteiger partial charge is 0.748 e. The van der Waals surface area contributed by atoms with Gasteiger partial charge >= 0.3 is 0 Å². The number of pyridine rings is 1. The maximum Gasteiger partial charge on any atom is 0.264 e. The van der Waals surface area contributed by atoms with Crippen LogP contribution in [-0.4, -0.2) is 62.4 Å². The minimum Gasteiger partial charge on any atom is -0.748 e. The first-order chi connectivity index (χ1) is 15.4. The predicted molar refractivity (Wildman–Crippen MR) is 119 cm³/mol. The summed E-state index contributed by atoms with van der Waals surface area (Å²) in [6.07, 6.45) is 3.76. The topological polar surface area (TPSA) is 174 Å². The molecule has 0 atom stereocenters. The van der Waals surface area contributed by atoms with Crippen molar-refractivity contribution in [2.24, 2.45) is 7.05 Å². The molecule has 182 valence electrons. The van der Waals surface area contributed by atoms with Crippen LogP contribution in [-0.2, 0) is 27.3 Å². The highest BCUT2D eigenvalue weighted by Gasteiger charge is 2.08. The van der Waals surface area contributed by atoms with E-state index in [4.69, 9.17) is 4.55 Å². The zero-order chi connectivity index (χ0) is 24.9. The van der Waals surface area contributed by atoms with Gasteiger partial charge in [0.2, 0.25) is 0 Å². The lowest BCUT2D eigenvalue weighted by molar-refractivity contribution is -0.671. The van der Waals surface area contributed by atoms with Crippen molar-refractivity contribution >= 4 is 32.1 Å². The Morgan fingerprint density at radius 3 is 1.91 bits per heavy atom. The van der Waals surface area contributed by atoms with E-state index in [1.54, 1.807) is 66.5 Å². The van der Waals surface area contributed by atoms with Crippen molar-refractivity contribution in [3.63, 3.8) is 0 Å². The summed E-state index contributed by atoms with van der Waals surface area (Å²) < 4.78 is 61.9. The van der Waals surface area contributed by atoms with Gasteiger partial charge in [-0.15, -0.1) is 0 Å². The minimum atomic E-state index is -4.20. The van der Waals surface area contributed by atoms with E-state index in [-0.39, 0.29) is 43.5 Å². The minimum absolute atomic E-state index is 0.122. The molecule has 0 saturated carbocycles. The molecule has 2 rings (SSSR count). The maximum atomic E-state index is 11.6. The Labute approximate surface area is 193 Å². The molecular formula is C20H27N3O8S2. The van der Waals surface area contributed by atoms with Gasteiger partial charge in [0.05, 0.1) is 15.9 Å². The number of amides is 2. The fourth-order valence-electron chi connectivity index (χ4n) is 2.42. The quantitative estimate of drug-likeness (QED) is 0.229. The molecule has 2 amide bonds. The van der Waals surface area contributed by atoms with Gasteiger partial charge in [-0.1, -0.05) is 18.2 Å². The van der Waals surface area contributed by atoms with E-state index in [2.05, 4.69) is 10.6 Å². The van der Waals surface area contributed by atoms with E-state index < -0.39 is 26.0 Å². The molecule has 1 aromatic carbocycles. The number of hydrogen-bond acceptors (Lipinski definition) is 7. The molecule has 0 aliphatic rings. The zero-order valence-electron chi connectivity index (χ0n) is 18.0. The first-order valence-corrected chi connectivity index (χ1v) is 13.0. The maximum absolute atomic E-state index is 11.6. The van der Waals surface area contributed by atoms with Crippen LogP contribution in [0.1, 0.15) is 33.6 Å². The molecule has 0 unspecified atom stereocenters. The highest BCUT2D eigenvalue weighted by atomic mass is 32.2. The van der Waals surface area contributed by atoms with E-state index in [0.717, 1.165) is 0 Å². The predicted octanol–water partition coefficient (Wildman–Crippen LogP) is -0.129. The number of hydrogen-bond donors (Lipinski definition) is 3. The second kappa shape index (κ2) is 13.6. The third-order valence-electron chi connectivity index (χ3n) is 3.96. The second-order valence-corrected chi connectivity index (χ2v) is 9.99. The molecule has 0 aliphatic heterocycles. The van der Waals surface area contributed by atoms with Crippen molar-refractivity contribution in [2.45, 2.75) is 12.8 Å². The molecule has 0 aliphatic carbocycles. The van der Waals surface area contributed by atoms with Crippen LogP contribution < -0.4 is 15.2 Å². The summed E-state index contributed by atoms with van der Waals surface area (Å²) in [4.78, 5) is 23.0. The van der Waals surface area contributed by atoms with Crippen LogP contribution in [0.4, 0.5) is 0 Å². The van der Waals surface area contributed by atoms with Crippen LogP contribution in [0.25, 0.3) is 0 Å². The first kappa shape index (κ1) is 28.2.